The summed E-state index contributed by atoms with van der Waals surface area (Å²) in [5.41, 5.74) is 0. The second kappa shape index (κ2) is 5.61. The van der Waals surface area contributed by atoms with E-state index < -0.39 is 0 Å². The molecule has 1 fully saturated rings. The first-order valence-electron chi connectivity index (χ1n) is 5.65. The van der Waals surface area contributed by atoms with Crippen molar-refractivity contribution in [2.24, 2.45) is 5.92 Å². The summed E-state index contributed by atoms with van der Waals surface area (Å²) in [6.45, 7) is 8.47. The molecule has 2 heteroatoms. The smallest absolute Gasteiger partial charge is 0.0189 e. The van der Waals surface area contributed by atoms with E-state index in [0.29, 0.717) is 6.04 Å². The Morgan fingerprint density at radius 1 is 1.38 bits per heavy atom. The minimum absolute atomic E-state index is 0.688. The molecule has 1 aliphatic heterocycles. The van der Waals surface area contributed by atoms with Crippen molar-refractivity contribution in [2.45, 2.75) is 39.2 Å². The molecule has 1 atom stereocenters. The monoisotopic (exact) mass is 184 g/mol. The Labute approximate surface area is 82.7 Å². The highest BCUT2D eigenvalue weighted by molar-refractivity contribution is 4.74. The molecular formula is C11H24N2. The summed E-state index contributed by atoms with van der Waals surface area (Å²) in [5, 5.41) is 3.37. The molecule has 1 heterocycles. The molecule has 0 bridgehead atoms. The lowest BCUT2D eigenvalue weighted by atomic mass is 9.99. The van der Waals surface area contributed by atoms with Gasteiger partial charge in [0.2, 0.25) is 0 Å². The van der Waals surface area contributed by atoms with E-state index in [9.17, 15) is 0 Å². The van der Waals surface area contributed by atoms with Crippen LogP contribution in [-0.2, 0) is 0 Å². The molecular weight excluding hydrogens is 160 g/mol. The van der Waals surface area contributed by atoms with Crippen molar-refractivity contribution in [2.75, 3.05) is 26.7 Å². The fourth-order valence-electron chi connectivity index (χ4n) is 1.98. The van der Waals surface area contributed by atoms with E-state index in [-0.39, 0.29) is 0 Å². The van der Waals surface area contributed by atoms with E-state index in [4.69, 9.17) is 0 Å². The molecule has 2 nitrogen and oxygen atoms in total. The summed E-state index contributed by atoms with van der Waals surface area (Å²) in [4.78, 5) is 2.60. The fourth-order valence-corrected chi connectivity index (χ4v) is 1.98. The molecule has 0 spiro atoms. The average Bonchev–Trinajstić information content (AvgIpc) is 2.17. The zero-order valence-electron chi connectivity index (χ0n) is 9.34. The van der Waals surface area contributed by atoms with Gasteiger partial charge in [0.25, 0.3) is 0 Å². The molecule has 13 heavy (non-hydrogen) atoms. The molecule has 0 aromatic carbocycles. The average molecular weight is 184 g/mol. The predicted molar refractivity (Wildman–Crippen MR) is 58.0 cm³/mol. The quantitative estimate of drug-likeness (QED) is 0.715. The Bertz CT molecular complexity index is 124. The van der Waals surface area contributed by atoms with Gasteiger partial charge < -0.3 is 10.2 Å². The summed E-state index contributed by atoms with van der Waals surface area (Å²) in [6.07, 6.45) is 4.02. The highest BCUT2D eigenvalue weighted by atomic mass is 15.1. The summed E-state index contributed by atoms with van der Waals surface area (Å²) in [5.74, 6) is 0.950. The van der Waals surface area contributed by atoms with E-state index in [0.717, 1.165) is 5.92 Å². The van der Waals surface area contributed by atoms with E-state index in [2.05, 4.69) is 31.1 Å². The van der Waals surface area contributed by atoms with Gasteiger partial charge >= 0.3 is 0 Å². The molecule has 0 radical (unpaired) electrons. The lowest BCUT2D eigenvalue weighted by Gasteiger charge is -2.32. The zero-order valence-corrected chi connectivity index (χ0v) is 9.34. The van der Waals surface area contributed by atoms with Crippen LogP contribution in [-0.4, -0.2) is 37.6 Å². The van der Waals surface area contributed by atoms with Crippen LogP contribution in [0.15, 0.2) is 0 Å². The molecule has 0 aliphatic carbocycles. The summed E-state index contributed by atoms with van der Waals surface area (Å²) < 4.78 is 0. The number of likely N-dealkylation sites (N-methyl/N-ethyl adjacent to an activating group) is 1. The topological polar surface area (TPSA) is 15.3 Å². The van der Waals surface area contributed by atoms with E-state index >= 15 is 0 Å². The van der Waals surface area contributed by atoms with Gasteiger partial charge in [-0.05, 0) is 45.3 Å². The number of hydrogen-bond donors (Lipinski definition) is 1. The van der Waals surface area contributed by atoms with Gasteiger partial charge in [0.15, 0.2) is 0 Å². The Kier molecular flexibility index (Phi) is 4.74. The number of nitrogens with zero attached hydrogens (tertiary/aromatic N) is 1. The van der Waals surface area contributed by atoms with Crippen LogP contribution in [0.25, 0.3) is 0 Å². The van der Waals surface area contributed by atoms with E-state index in [1.165, 1.54) is 38.9 Å². The van der Waals surface area contributed by atoms with Crippen molar-refractivity contribution >= 4 is 0 Å². The van der Waals surface area contributed by atoms with Crippen molar-refractivity contribution in [3.63, 3.8) is 0 Å². The molecule has 1 unspecified atom stereocenters. The maximum absolute atomic E-state index is 3.37. The number of hydrogen-bond acceptors (Lipinski definition) is 2. The van der Waals surface area contributed by atoms with Crippen LogP contribution >= 0.6 is 0 Å². The third-order valence-corrected chi connectivity index (χ3v) is 3.26. The molecule has 1 rings (SSSR count). The zero-order chi connectivity index (χ0) is 9.68. The minimum atomic E-state index is 0.688. The summed E-state index contributed by atoms with van der Waals surface area (Å²) >= 11 is 0. The predicted octanol–water partition coefficient (Wildman–Crippen LogP) is 1.72. The van der Waals surface area contributed by atoms with Crippen LogP contribution in [0.3, 0.4) is 0 Å². The van der Waals surface area contributed by atoms with Gasteiger partial charge in [0.1, 0.15) is 0 Å². The first-order chi connectivity index (χ1) is 6.26. The lowest BCUT2D eigenvalue weighted by molar-refractivity contribution is 0.175. The van der Waals surface area contributed by atoms with E-state index in [1.807, 2.05) is 0 Å². The maximum atomic E-state index is 3.37. The van der Waals surface area contributed by atoms with Crippen LogP contribution in [0.2, 0.25) is 0 Å². The number of likely N-dealkylation sites (tertiary alicyclic amines) is 1. The van der Waals surface area contributed by atoms with Crippen molar-refractivity contribution < 1.29 is 0 Å². The van der Waals surface area contributed by atoms with Gasteiger partial charge in [-0.15, -0.1) is 0 Å². The summed E-state index contributed by atoms with van der Waals surface area (Å²) in [6, 6.07) is 0.688. The first kappa shape index (κ1) is 11.0. The molecule has 0 aromatic heterocycles. The second-order valence-corrected chi connectivity index (χ2v) is 4.38. The van der Waals surface area contributed by atoms with Crippen molar-refractivity contribution in [1.29, 1.82) is 0 Å². The highest BCUT2D eigenvalue weighted by Gasteiger charge is 2.17. The standard InChI is InChI=1S/C11H24N2/c1-4-11(12-3)9-13-7-5-10(2)6-8-13/h10-12H,4-9H2,1-3H3. The van der Waals surface area contributed by atoms with Gasteiger partial charge in [-0.3, -0.25) is 0 Å². The van der Waals surface area contributed by atoms with Crippen molar-refractivity contribution in [3.05, 3.63) is 0 Å². The normalized spacial score (nSPS) is 23.3. The Balaban J connectivity index is 2.21. The van der Waals surface area contributed by atoms with Gasteiger partial charge in [0.05, 0.1) is 0 Å². The van der Waals surface area contributed by atoms with Gasteiger partial charge in [0, 0.05) is 12.6 Å². The van der Waals surface area contributed by atoms with Crippen LogP contribution in [0.1, 0.15) is 33.1 Å². The fraction of sp³-hybridized carbons (Fsp3) is 1.00. The van der Waals surface area contributed by atoms with Gasteiger partial charge in [-0.2, -0.15) is 0 Å². The number of rotatable bonds is 4. The van der Waals surface area contributed by atoms with Gasteiger partial charge in [-0.1, -0.05) is 13.8 Å². The van der Waals surface area contributed by atoms with Crippen LogP contribution in [0, 0.1) is 5.92 Å². The Morgan fingerprint density at radius 2 is 2.00 bits per heavy atom. The maximum Gasteiger partial charge on any atom is 0.0189 e. The molecule has 0 aromatic rings. The Hall–Kier alpha value is -0.0800. The van der Waals surface area contributed by atoms with Crippen molar-refractivity contribution in [1.82, 2.24) is 10.2 Å². The Morgan fingerprint density at radius 3 is 2.46 bits per heavy atom. The second-order valence-electron chi connectivity index (χ2n) is 4.38. The number of piperidine rings is 1. The van der Waals surface area contributed by atoms with Crippen LogP contribution in [0.4, 0.5) is 0 Å². The van der Waals surface area contributed by atoms with Crippen LogP contribution in [0.5, 0.6) is 0 Å². The van der Waals surface area contributed by atoms with E-state index in [1.54, 1.807) is 0 Å². The molecule has 0 saturated carbocycles. The third kappa shape index (κ3) is 3.65. The molecule has 1 aliphatic rings. The number of nitrogens with one attached hydrogen (secondary N) is 1. The SMILES string of the molecule is CCC(CN1CCC(C)CC1)NC. The third-order valence-electron chi connectivity index (χ3n) is 3.26. The molecule has 78 valence electrons. The lowest BCUT2D eigenvalue weighted by Crippen LogP contribution is -2.42. The molecule has 0 amide bonds. The first-order valence-corrected chi connectivity index (χ1v) is 5.65. The van der Waals surface area contributed by atoms with Crippen molar-refractivity contribution in [3.8, 4) is 0 Å². The molecule has 1 saturated heterocycles. The minimum Gasteiger partial charge on any atom is -0.316 e. The highest BCUT2D eigenvalue weighted by Crippen LogP contribution is 2.16. The largest absolute Gasteiger partial charge is 0.316 e. The summed E-state index contributed by atoms with van der Waals surface area (Å²) in [7, 11) is 2.07. The van der Waals surface area contributed by atoms with Crippen LogP contribution < -0.4 is 5.32 Å². The van der Waals surface area contributed by atoms with Gasteiger partial charge in [-0.25, -0.2) is 0 Å². The molecule has 1 N–H and O–H groups in total.